The summed E-state index contributed by atoms with van der Waals surface area (Å²) in [5.74, 6) is 0. The summed E-state index contributed by atoms with van der Waals surface area (Å²) < 4.78 is 0. The largest absolute Gasteiger partial charge is 0.329 e. The molecule has 32 heavy (non-hydrogen) atoms. The van der Waals surface area contributed by atoms with E-state index in [0.717, 1.165) is 6.42 Å². The first-order valence-electron chi connectivity index (χ1n) is 14.8. The molecule has 0 aliphatic heterocycles. The van der Waals surface area contributed by atoms with Gasteiger partial charge in [-0.1, -0.05) is 116 Å². The van der Waals surface area contributed by atoms with Gasteiger partial charge in [-0.25, -0.2) is 0 Å². The summed E-state index contributed by atoms with van der Waals surface area (Å²) in [6, 6.07) is 1.34. The molecule has 0 amide bonds. The third kappa shape index (κ3) is 14.2. The fourth-order valence-electron chi connectivity index (χ4n) is 5.81. The van der Waals surface area contributed by atoms with E-state index in [1.165, 1.54) is 141 Å². The van der Waals surface area contributed by atoms with Crippen molar-refractivity contribution in [3.63, 3.8) is 0 Å². The van der Waals surface area contributed by atoms with Gasteiger partial charge < -0.3 is 11.5 Å². The lowest BCUT2D eigenvalue weighted by molar-refractivity contribution is 0.265. The van der Waals surface area contributed by atoms with Gasteiger partial charge in [0.2, 0.25) is 0 Å². The molecule has 0 bridgehead atoms. The van der Waals surface area contributed by atoms with Crippen molar-refractivity contribution in [1.29, 1.82) is 0 Å². The van der Waals surface area contributed by atoms with Gasteiger partial charge in [-0.15, -0.1) is 0 Å². The minimum absolute atomic E-state index is 0.0810. The number of hydrogen-bond donors (Lipinski definition) is 4. The average Bonchev–Trinajstić information content (AvgIpc) is 2.77. The van der Waals surface area contributed by atoms with Crippen LogP contribution in [0.5, 0.6) is 0 Å². The molecule has 2 aliphatic carbocycles. The Balaban J connectivity index is 1.91. The molecular weight excluding hydrogens is 392 g/mol. The zero-order chi connectivity index (χ0) is 22.7. The van der Waals surface area contributed by atoms with Crippen LogP contribution in [0.25, 0.3) is 0 Å². The fourth-order valence-corrected chi connectivity index (χ4v) is 5.81. The highest BCUT2D eigenvalue weighted by atomic mass is 15.2. The summed E-state index contributed by atoms with van der Waals surface area (Å²) >= 11 is 0. The second-order valence-corrected chi connectivity index (χ2v) is 11.0. The first-order chi connectivity index (χ1) is 15.8. The van der Waals surface area contributed by atoms with Crippen LogP contribution in [-0.4, -0.2) is 30.8 Å². The van der Waals surface area contributed by atoms with Crippen LogP contribution < -0.4 is 22.1 Å². The molecule has 1 unspecified atom stereocenters. The van der Waals surface area contributed by atoms with Crippen LogP contribution in [0.3, 0.4) is 0 Å². The molecule has 0 spiro atoms. The molecule has 6 N–H and O–H groups in total. The summed E-state index contributed by atoms with van der Waals surface area (Å²) in [5, 5.41) is 8.12. The Labute approximate surface area is 200 Å². The second kappa shape index (κ2) is 19.2. The van der Waals surface area contributed by atoms with E-state index < -0.39 is 0 Å². The van der Waals surface area contributed by atoms with E-state index in [1.54, 1.807) is 0 Å². The lowest BCUT2D eigenvalue weighted by Crippen LogP contribution is -2.54. The molecule has 0 aromatic carbocycles. The van der Waals surface area contributed by atoms with Gasteiger partial charge in [0.25, 0.3) is 0 Å². The van der Waals surface area contributed by atoms with E-state index in [4.69, 9.17) is 11.5 Å². The van der Waals surface area contributed by atoms with Gasteiger partial charge in [-0.3, -0.25) is 10.6 Å². The van der Waals surface area contributed by atoms with Crippen molar-refractivity contribution in [1.82, 2.24) is 10.6 Å². The zero-order valence-corrected chi connectivity index (χ0v) is 21.4. The van der Waals surface area contributed by atoms with Gasteiger partial charge in [0.15, 0.2) is 0 Å². The molecular formula is C28H58N4. The number of hydrogen-bond acceptors (Lipinski definition) is 4. The van der Waals surface area contributed by atoms with Crippen molar-refractivity contribution in [3.8, 4) is 0 Å². The molecule has 0 aromatic heterocycles. The van der Waals surface area contributed by atoms with Gasteiger partial charge in [-0.2, -0.15) is 0 Å². The third-order valence-corrected chi connectivity index (χ3v) is 7.93. The second-order valence-electron chi connectivity index (χ2n) is 11.0. The Morgan fingerprint density at radius 1 is 0.500 bits per heavy atom. The van der Waals surface area contributed by atoms with E-state index in [2.05, 4.69) is 10.6 Å². The van der Waals surface area contributed by atoms with Crippen molar-refractivity contribution in [2.24, 2.45) is 11.5 Å². The predicted molar refractivity (Wildman–Crippen MR) is 141 cm³/mol. The lowest BCUT2D eigenvalue weighted by Gasteiger charge is -2.32. The van der Waals surface area contributed by atoms with Gasteiger partial charge in [-0.05, 0) is 32.1 Å². The zero-order valence-electron chi connectivity index (χ0n) is 21.4. The number of nitrogens with one attached hydrogen (secondary N) is 2. The van der Waals surface area contributed by atoms with Crippen LogP contribution in [0, 0.1) is 0 Å². The van der Waals surface area contributed by atoms with E-state index in [-0.39, 0.29) is 6.04 Å². The molecule has 2 fully saturated rings. The van der Waals surface area contributed by atoms with Gasteiger partial charge in [0, 0.05) is 24.7 Å². The van der Waals surface area contributed by atoms with Gasteiger partial charge >= 0.3 is 0 Å². The normalized spacial score (nSPS) is 24.1. The third-order valence-electron chi connectivity index (χ3n) is 7.93. The smallest absolute Gasteiger partial charge is 0.0591 e. The van der Waals surface area contributed by atoms with Crippen molar-refractivity contribution >= 4 is 0 Å². The molecule has 0 aromatic rings. The maximum absolute atomic E-state index is 6.36. The highest BCUT2D eigenvalue weighted by Crippen LogP contribution is 2.20. The van der Waals surface area contributed by atoms with Crippen molar-refractivity contribution in [2.75, 3.05) is 6.54 Å². The summed E-state index contributed by atoms with van der Waals surface area (Å²) in [4.78, 5) is 0. The quantitative estimate of drug-likeness (QED) is 0.333. The number of rotatable bonds is 7. The van der Waals surface area contributed by atoms with Crippen LogP contribution >= 0.6 is 0 Å². The Kier molecular flexibility index (Phi) is 16.8. The highest BCUT2D eigenvalue weighted by Gasteiger charge is 2.21. The van der Waals surface area contributed by atoms with E-state index in [1.807, 2.05) is 0 Å². The molecule has 4 nitrogen and oxygen atoms in total. The molecule has 4 heteroatoms. The van der Waals surface area contributed by atoms with Gasteiger partial charge in [0.1, 0.15) is 0 Å². The molecule has 2 aliphatic rings. The summed E-state index contributed by atoms with van der Waals surface area (Å²) in [5.41, 5.74) is 12.3. The van der Waals surface area contributed by atoms with Crippen molar-refractivity contribution in [2.45, 2.75) is 172 Å². The topological polar surface area (TPSA) is 76.1 Å². The molecule has 0 heterocycles. The van der Waals surface area contributed by atoms with Crippen molar-refractivity contribution < 1.29 is 0 Å². The minimum Gasteiger partial charge on any atom is -0.329 e. The first-order valence-corrected chi connectivity index (χ1v) is 14.8. The fraction of sp³-hybridized carbons (Fsp3) is 1.00. The average molecular weight is 451 g/mol. The number of nitrogens with two attached hydrogens (primary N) is 2. The molecule has 190 valence electrons. The molecule has 2 saturated carbocycles. The van der Waals surface area contributed by atoms with Crippen molar-refractivity contribution in [3.05, 3.63) is 0 Å². The SMILES string of the molecule is NCC(N)CC(NC1CCCCCCCCCCC1)NC1CCCCCCCCCCC1. The molecule has 2 rings (SSSR count). The van der Waals surface area contributed by atoms with Crippen LogP contribution in [-0.2, 0) is 0 Å². The Morgan fingerprint density at radius 2 is 0.781 bits per heavy atom. The Bertz CT molecular complexity index is 360. The summed E-state index contributed by atoms with van der Waals surface area (Å²) in [6.45, 7) is 0.579. The lowest BCUT2D eigenvalue weighted by atomic mass is 9.96. The first kappa shape index (κ1) is 28.1. The maximum atomic E-state index is 6.36. The van der Waals surface area contributed by atoms with E-state index in [9.17, 15) is 0 Å². The van der Waals surface area contributed by atoms with Crippen LogP contribution in [0.4, 0.5) is 0 Å². The van der Waals surface area contributed by atoms with E-state index >= 15 is 0 Å². The monoisotopic (exact) mass is 450 g/mol. The maximum Gasteiger partial charge on any atom is 0.0591 e. The minimum atomic E-state index is 0.0810. The van der Waals surface area contributed by atoms with Crippen LogP contribution in [0.15, 0.2) is 0 Å². The summed E-state index contributed by atoms with van der Waals surface area (Å²) in [6.07, 6.45) is 32.0. The van der Waals surface area contributed by atoms with Crippen LogP contribution in [0.1, 0.15) is 148 Å². The predicted octanol–water partition coefficient (Wildman–Crippen LogP) is 6.51. The van der Waals surface area contributed by atoms with Gasteiger partial charge in [0.05, 0.1) is 6.17 Å². The molecule has 0 radical (unpaired) electrons. The Hall–Kier alpha value is -0.160. The standard InChI is InChI=1S/C28H58N4/c29-24-25(30)23-28(31-26-19-15-11-7-3-1-4-8-12-16-20-26)32-27-21-17-13-9-5-2-6-10-14-18-22-27/h25-28,31-32H,1-24,29-30H2. The summed E-state index contributed by atoms with van der Waals surface area (Å²) in [7, 11) is 0. The molecule has 0 saturated heterocycles. The highest BCUT2D eigenvalue weighted by molar-refractivity contribution is 4.81. The molecule has 1 atom stereocenters. The van der Waals surface area contributed by atoms with Crippen LogP contribution in [0.2, 0.25) is 0 Å². The Morgan fingerprint density at radius 3 is 1.06 bits per heavy atom. The van der Waals surface area contributed by atoms with E-state index in [0.29, 0.717) is 24.8 Å².